The van der Waals surface area contributed by atoms with Gasteiger partial charge < -0.3 is 15.0 Å². The zero-order valence-electron chi connectivity index (χ0n) is 14.0. The first-order chi connectivity index (χ1) is 12.6. The van der Waals surface area contributed by atoms with Crippen molar-refractivity contribution in [2.45, 2.75) is 25.4 Å². The summed E-state index contributed by atoms with van der Waals surface area (Å²) in [4.78, 5) is 36.6. The van der Waals surface area contributed by atoms with Gasteiger partial charge in [-0.05, 0) is 43.0 Å². The quantitative estimate of drug-likeness (QED) is 0.690. The molecule has 1 fully saturated rings. The maximum absolute atomic E-state index is 12.7. The summed E-state index contributed by atoms with van der Waals surface area (Å²) in [6.45, 7) is -0.0438. The molecular weight excluding hydrogens is 332 g/mol. The number of aromatic nitrogens is 1. The summed E-state index contributed by atoms with van der Waals surface area (Å²) in [7, 11) is 0. The molecule has 0 aliphatic heterocycles. The van der Waals surface area contributed by atoms with E-state index in [2.05, 4.69) is 5.32 Å². The number of carboxylic acid groups (broad SMARTS) is 1. The van der Waals surface area contributed by atoms with E-state index < -0.39 is 12.0 Å². The molecule has 6 nitrogen and oxygen atoms in total. The number of fused-ring (bicyclic) bond motifs is 2. The third-order valence-corrected chi connectivity index (χ3v) is 4.86. The fourth-order valence-electron chi connectivity index (χ4n) is 3.42. The van der Waals surface area contributed by atoms with Crippen molar-refractivity contribution in [1.82, 2.24) is 9.88 Å². The van der Waals surface area contributed by atoms with Crippen LogP contribution in [0.5, 0.6) is 0 Å². The van der Waals surface area contributed by atoms with Crippen molar-refractivity contribution < 1.29 is 14.7 Å². The normalized spacial score (nSPS) is 15.1. The molecule has 1 aromatic heterocycles. The third-order valence-electron chi connectivity index (χ3n) is 4.86. The van der Waals surface area contributed by atoms with Gasteiger partial charge in [0.1, 0.15) is 12.6 Å². The van der Waals surface area contributed by atoms with E-state index in [1.165, 1.54) is 0 Å². The number of pyridine rings is 1. The largest absolute Gasteiger partial charge is 0.480 e. The molecule has 1 heterocycles. The van der Waals surface area contributed by atoms with Gasteiger partial charge in [0.15, 0.2) is 5.43 Å². The van der Waals surface area contributed by atoms with Gasteiger partial charge in [0.25, 0.3) is 0 Å². The van der Waals surface area contributed by atoms with E-state index in [1.54, 1.807) is 41.0 Å². The molecule has 0 saturated heterocycles. The number of para-hydroxylation sites is 2. The number of hydrogen-bond acceptors (Lipinski definition) is 3. The Hall–Kier alpha value is -3.15. The Balaban J connectivity index is 1.77. The molecule has 1 saturated carbocycles. The average molecular weight is 350 g/mol. The summed E-state index contributed by atoms with van der Waals surface area (Å²) in [5.74, 6) is -1.36. The van der Waals surface area contributed by atoms with Gasteiger partial charge in [-0.15, -0.1) is 0 Å². The van der Waals surface area contributed by atoms with Crippen LogP contribution in [0.2, 0.25) is 0 Å². The van der Waals surface area contributed by atoms with E-state index in [4.69, 9.17) is 0 Å². The highest BCUT2D eigenvalue weighted by atomic mass is 16.4. The fraction of sp³-hybridized carbons (Fsp3) is 0.250. The molecule has 0 radical (unpaired) electrons. The lowest BCUT2D eigenvalue weighted by Crippen LogP contribution is -2.43. The highest BCUT2D eigenvalue weighted by Crippen LogP contribution is 2.32. The molecule has 6 heteroatoms. The first-order valence-corrected chi connectivity index (χ1v) is 8.58. The summed E-state index contributed by atoms with van der Waals surface area (Å²) in [5.41, 5.74) is 1.24. The Kier molecular flexibility index (Phi) is 3.95. The third kappa shape index (κ3) is 2.83. The van der Waals surface area contributed by atoms with E-state index in [1.807, 2.05) is 12.1 Å². The number of nitrogens with zero attached hydrogens (tertiary/aromatic N) is 1. The smallest absolute Gasteiger partial charge is 0.326 e. The summed E-state index contributed by atoms with van der Waals surface area (Å²) in [5, 5.41) is 13.0. The van der Waals surface area contributed by atoms with Gasteiger partial charge >= 0.3 is 5.97 Å². The summed E-state index contributed by atoms with van der Waals surface area (Å²) in [6.07, 6.45) is 1.64. The first kappa shape index (κ1) is 16.3. The summed E-state index contributed by atoms with van der Waals surface area (Å²) in [6, 6.07) is 13.4. The number of benzene rings is 2. The monoisotopic (exact) mass is 350 g/mol. The number of carbonyl (C=O) groups excluding carboxylic acids is 1. The van der Waals surface area contributed by atoms with E-state index in [0.717, 1.165) is 12.8 Å². The lowest BCUT2D eigenvalue weighted by molar-refractivity contribution is -0.142. The molecule has 0 spiro atoms. The second-order valence-corrected chi connectivity index (χ2v) is 6.67. The van der Waals surface area contributed by atoms with E-state index in [-0.39, 0.29) is 23.8 Å². The van der Waals surface area contributed by atoms with Crippen molar-refractivity contribution in [1.29, 1.82) is 0 Å². The fourth-order valence-corrected chi connectivity index (χ4v) is 3.42. The minimum Gasteiger partial charge on any atom is -0.480 e. The SMILES string of the molecule is O=C(Cn1c2ccccc2c(=O)c2ccccc21)NC(C(=O)O)C1CC1. The number of hydrogen-bond donors (Lipinski definition) is 2. The Morgan fingerprint density at radius 1 is 1.04 bits per heavy atom. The Morgan fingerprint density at radius 2 is 1.58 bits per heavy atom. The van der Waals surface area contributed by atoms with Gasteiger partial charge in [0.05, 0.1) is 11.0 Å². The van der Waals surface area contributed by atoms with Crippen LogP contribution < -0.4 is 10.7 Å². The van der Waals surface area contributed by atoms with Gasteiger partial charge in [-0.1, -0.05) is 24.3 Å². The van der Waals surface area contributed by atoms with Crippen LogP contribution in [0, 0.1) is 5.92 Å². The maximum atomic E-state index is 12.7. The van der Waals surface area contributed by atoms with Gasteiger partial charge in [-0.2, -0.15) is 0 Å². The standard InChI is InChI=1S/C20H18N2O4/c23-17(21-18(20(25)26)12-9-10-12)11-22-15-7-3-1-5-13(15)19(24)14-6-2-4-8-16(14)22/h1-8,12,18H,9-11H2,(H,21,23)(H,25,26). The van der Waals surface area contributed by atoms with E-state index in [9.17, 15) is 19.5 Å². The topological polar surface area (TPSA) is 88.4 Å². The number of aliphatic carboxylic acids is 1. The zero-order chi connectivity index (χ0) is 18.3. The lowest BCUT2D eigenvalue weighted by atomic mass is 10.1. The van der Waals surface area contributed by atoms with Gasteiger partial charge in [-0.3, -0.25) is 9.59 Å². The second-order valence-electron chi connectivity index (χ2n) is 6.67. The number of carbonyl (C=O) groups is 2. The predicted molar refractivity (Wildman–Crippen MR) is 98.0 cm³/mol. The van der Waals surface area contributed by atoms with Crippen molar-refractivity contribution in [2.75, 3.05) is 0 Å². The van der Waals surface area contributed by atoms with Crippen molar-refractivity contribution in [3.8, 4) is 0 Å². The summed E-state index contributed by atoms with van der Waals surface area (Å²) >= 11 is 0. The molecule has 1 aliphatic rings. The Labute approximate surface area is 149 Å². The van der Waals surface area contributed by atoms with Crippen LogP contribution in [0.4, 0.5) is 0 Å². The number of amides is 1. The van der Waals surface area contributed by atoms with Gasteiger partial charge in [0.2, 0.25) is 5.91 Å². The number of nitrogens with one attached hydrogen (secondary N) is 1. The maximum Gasteiger partial charge on any atom is 0.326 e. The highest BCUT2D eigenvalue weighted by molar-refractivity contribution is 5.95. The number of rotatable bonds is 5. The van der Waals surface area contributed by atoms with Crippen LogP contribution in [0.25, 0.3) is 21.8 Å². The predicted octanol–water partition coefficient (Wildman–Crippen LogP) is 2.13. The van der Waals surface area contributed by atoms with Crippen LogP contribution in [0.3, 0.4) is 0 Å². The lowest BCUT2D eigenvalue weighted by Gasteiger charge is -2.17. The van der Waals surface area contributed by atoms with E-state index >= 15 is 0 Å². The molecule has 2 aromatic carbocycles. The minimum absolute atomic E-state index is 0.0129. The highest BCUT2D eigenvalue weighted by Gasteiger charge is 2.37. The van der Waals surface area contributed by atoms with Crippen molar-refractivity contribution in [3.63, 3.8) is 0 Å². The molecule has 3 aromatic rings. The van der Waals surface area contributed by atoms with Crippen LogP contribution in [0.1, 0.15) is 12.8 Å². The van der Waals surface area contributed by atoms with Gasteiger partial charge in [-0.25, -0.2) is 4.79 Å². The van der Waals surface area contributed by atoms with Crippen molar-refractivity contribution in [3.05, 3.63) is 58.8 Å². The molecule has 1 amide bonds. The Bertz CT molecular complexity index is 1020. The molecule has 1 aliphatic carbocycles. The molecule has 2 N–H and O–H groups in total. The van der Waals surface area contributed by atoms with Crippen LogP contribution in [-0.2, 0) is 16.1 Å². The second kappa shape index (κ2) is 6.29. The molecule has 4 rings (SSSR count). The molecular formula is C20H18N2O4. The molecule has 1 atom stereocenters. The molecule has 1 unspecified atom stereocenters. The summed E-state index contributed by atoms with van der Waals surface area (Å²) < 4.78 is 1.77. The van der Waals surface area contributed by atoms with Crippen LogP contribution in [-0.4, -0.2) is 27.6 Å². The molecule has 26 heavy (non-hydrogen) atoms. The first-order valence-electron chi connectivity index (χ1n) is 8.58. The van der Waals surface area contributed by atoms with Gasteiger partial charge in [0, 0.05) is 10.8 Å². The van der Waals surface area contributed by atoms with Crippen molar-refractivity contribution in [2.24, 2.45) is 5.92 Å². The average Bonchev–Trinajstić information content (AvgIpc) is 3.48. The number of carboxylic acids is 1. The van der Waals surface area contributed by atoms with Crippen molar-refractivity contribution >= 4 is 33.7 Å². The molecule has 0 bridgehead atoms. The van der Waals surface area contributed by atoms with Crippen LogP contribution in [0.15, 0.2) is 53.3 Å². The zero-order valence-corrected chi connectivity index (χ0v) is 14.0. The Morgan fingerprint density at radius 3 is 2.08 bits per heavy atom. The minimum atomic E-state index is -1.00. The van der Waals surface area contributed by atoms with E-state index in [0.29, 0.717) is 21.8 Å². The molecule has 132 valence electrons. The van der Waals surface area contributed by atoms with Crippen LogP contribution >= 0.6 is 0 Å².